The summed E-state index contributed by atoms with van der Waals surface area (Å²) in [5.74, 6) is -0.886. The first-order chi connectivity index (χ1) is 31.2. The zero-order valence-corrected chi connectivity index (χ0v) is 42.8. The van der Waals surface area contributed by atoms with Crippen LogP contribution in [0.5, 0.6) is 0 Å². The second-order valence-corrected chi connectivity index (χ2v) is 19.9. The second kappa shape index (κ2) is 46.3. The van der Waals surface area contributed by atoms with E-state index in [-0.39, 0.29) is 17.7 Å². The van der Waals surface area contributed by atoms with Gasteiger partial charge in [-0.2, -0.15) is 0 Å². The molecule has 0 radical (unpaired) electrons. The molecule has 0 saturated carbocycles. The van der Waals surface area contributed by atoms with Crippen LogP contribution >= 0.6 is 0 Å². The molecular weight excluding hydrogens is 797 g/mol. The number of nitrogens with zero attached hydrogens (tertiary/aromatic N) is 1. The van der Waals surface area contributed by atoms with Gasteiger partial charge in [-0.3, -0.25) is 14.4 Å². The van der Waals surface area contributed by atoms with Crippen molar-refractivity contribution in [3.8, 4) is 0 Å². The Morgan fingerprint density at radius 2 is 0.703 bits per heavy atom. The molecule has 0 aliphatic carbocycles. The third-order valence-electron chi connectivity index (χ3n) is 13.5. The van der Waals surface area contributed by atoms with Crippen LogP contribution in [0.25, 0.3) is 0 Å². The van der Waals surface area contributed by atoms with E-state index in [0.717, 1.165) is 56.2 Å². The van der Waals surface area contributed by atoms with E-state index in [1.807, 2.05) is 0 Å². The third-order valence-corrected chi connectivity index (χ3v) is 13.5. The Labute approximate surface area is 396 Å². The van der Waals surface area contributed by atoms with E-state index in [1.165, 1.54) is 180 Å². The molecule has 11 heteroatoms. The summed E-state index contributed by atoms with van der Waals surface area (Å²) in [4.78, 5) is 40.6. The molecule has 0 spiro atoms. The fourth-order valence-corrected chi connectivity index (χ4v) is 9.00. The molecule has 0 fully saturated rings. The van der Waals surface area contributed by atoms with Crippen molar-refractivity contribution in [1.29, 1.82) is 0 Å². The third kappa shape index (κ3) is 38.3. The number of unbranched alkanes of at least 4 members (excludes halogenated alkanes) is 29. The van der Waals surface area contributed by atoms with Crippen LogP contribution in [0.15, 0.2) is 0 Å². The lowest BCUT2D eigenvalue weighted by atomic mass is 10.0. The molecular formula is C53H111N8O3+. The van der Waals surface area contributed by atoms with Crippen LogP contribution in [0.2, 0.25) is 0 Å². The van der Waals surface area contributed by atoms with Gasteiger partial charge >= 0.3 is 0 Å². The summed E-state index contributed by atoms with van der Waals surface area (Å²) in [7, 11) is 2.38. The first kappa shape index (κ1) is 62.2. The first-order valence-electron chi connectivity index (χ1n) is 27.8. The normalized spacial score (nSPS) is 13.2. The Bertz CT molecular complexity index is 1020. The SMILES string of the molecule is CCCCCCCCCCCCCCCC[N+](C)(CCCCCCCCCCCCCCCC)CCNC(=O)[C@H](CCCCN)NC(=O)[C@H](CCCCN)NC(=O)[C@@H](N)CCCCN. The quantitative estimate of drug-likeness (QED) is 0.0233. The van der Waals surface area contributed by atoms with Crippen molar-refractivity contribution < 1.29 is 18.9 Å². The van der Waals surface area contributed by atoms with Gasteiger partial charge < -0.3 is 43.4 Å². The van der Waals surface area contributed by atoms with E-state index >= 15 is 0 Å². The zero-order chi connectivity index (χ0) is 47.2. The summed E-state index contributed by atoms with van der Waals surface area (Å²) in [5.41, 5.74) is 23.4. The zero-order valence-electron chi connectivity index (χ0n) is 42.8. The number of carbonyl (C=O) groups excluding carboxylic acids is 3. The monoisotopic (exact) mass is 908 g/mol. The summed E-state index contributed by atoms with van der Waals surface area (Å²) >= 11 is 0. The van der Waals surface area contributed by atoms with Gasteiger partial charge in [-0.05, 0) is 96.7 Å². The number of rotatable bonds is 50. The molecule has 3 atom stereocenters. The molecule has 380 valence electrons. The molecule has 64 heavy (non-hydrogen) atoms. The highest BCUT2D eigenvalue weighted by molar-refractivity contribution is 5.93. The Balaban J connectivity index is 5.24. The van der Waals surface area contributed by atoms with Gasteiger partial charge in [0.2, 0.25) is 17.7 Å². The lowest BCUT2D eigenvalue weighted by Crippen LogP contribution is -2.56. The van der Waals surface area contributed by atoms with Gasteiger partial charge in [-0.1, -0.05) is 174 Å². The maximum Gasteiger partial charge on any atom is 0.243 e. The molecule has 0 aliphatic heterocycles. The number of hydrogen-bond donors (Lipinski definition) is 7. The molecule has 0 rings (SSSR count). The molecule has 0 heterocycles. The lowest BCUT2D eigenvalue weighted by Gasteiger charge is -2.35. The van der Waals surface area contributed by atoms with Gasteiger partial charge in [0.25, 0.3) is 0 Å². The van der Waals surface area contributed by atoms with Crippen molar-refractivity contribution in [2.75, 3.05) is 52.9 Å². The average Bonchev–Trinajstić information content (AvgIpc) is 3.28. The van der Waals surface area contributed by atoms with Crippen LogP contribution in [0.4, 0.5) is 0 Å². The predicted molar refractivity (Wildman–Crippen MR) is 275 cm³/mol. The molecule has 0 saturated heterocycles. The fourth-order valence-electron chi connectivity index (χ4n) is 9.00. The molecule has 11 N–H and O–H groups in total. The van der Waals surface area contributed by atoms with Crippen molar-refractivity contribution in [2.24, 2.45) is 22.9 Å². The van der Waals surface area contributed by atoms with Crippen LogP contribution in [0.1, 0.15) is 251 Å². The summed E-state index contributed by atoms with van der Waals surface area (Å²) < 4.78 is 0.960. The Kier molecular flexibility index (Phi) is 45.0. The molecule has 0 aromatic heterocycles. The van der Waals surface area contributed by atoms with Gasteiger partial charge in [0.05, 0.1) is 39.3 Å². The number of amides is 3. The Hall–Kier alpha value is -1.79. The number of nitrogens with one attached hydrogen (secondary N) is 3. The van der Waals surface area contributed by atoms with Gasteiger partial charge in [0.1, 0.15) is 12.1 Å². The lowest BCUT2D eigenvalue weighted by molar-refractivity contribution is -0.908. The van der Waals surface area contributed by atoms with Crippen LogP contribution in [0.3, 0.4) is 0 Å². The van der Waals surface area contributed by atoms with Crippen molar-refractivity contribution in [1.82, 2.24) is 16.0 Å². The van der Waals surface area contributed by atoms with Crippen LogP contribution in [-0.2, 0) is 14.4 Å². The summed E-state index contributed by atoms with van der Waals surface area (Å²) in [6, 6.07) is -2.22. The van der Waals surface area contributed by atoms with Crippen LogP contribution in [-0.4, -0.2) is 93.2 Å². The second-order valence-electron chi connectivity index (χ2n) is 19.9. The minimum absolute atomic E-state index is 0.171. The molecule has 0 bridgehead atoms. The van der Waals surface area contributed by atoms with Gasteiger partial charge in [-0.15, -0.1) is 0 Å². The largest absolute Gasteiger partial charge is 0.349 e. The van der Waals surface area contributed by atoms with E-state index in [2.05, 4.69) is 36.8 Å². The van der Waals surface area contributed by atoms with Gasteiger partial charge in [0.15, 0.2) is 0 Å². The molecule has 0 unspecified atom stereocenters. The predicted octanol–water partition coefficient (Wildman–Crippen LogP) is 10.2. The highest BCUT2D eigenvalue weighted by Gasteiger charge is 2.28. The average molecular weight is 909 g/mol. The fraction of sp³-hybridized carbons (Fsp3) is 0.943. The van der Waals surface area contributed by atoms with E-state index in [4.69, 9.17) is 22.9 Å². The minimum Gasteiger partial charge on any atom is -0.349 e. The Morgan fingerprint density at radius 3 is 1.06 bits per heavy atom. The smallest absolute Gasteiger partial charge is 0.243 e. The summed E-state index contributed by atoms with van der Waals surface area (Å²) in [6.07, 6.45) is 43.9. The number of hydrogen-bond acceptors (Lipinski definition) is 7. The summed E-state index contributed by atoms with van der Waals surface area (Å²) in [6.45, 7) is 9.82. The van der Waals surface area contributed by atoms with E-state index in [1.54, 1.807) is 0 Å². The standard InChI is InChI=1S/C53H110N8O3/c1-4-6-8-10-12-14-16-18-20-22-24-26-28-36-45-61(3,46-37-29-27-25-23-21-19-17-15-13-11-9-7-5-2)47-44-58-52(63)49(39-31-34-42-55)60-53(64)50(40-32-35-43-56)59-51(62)48(57)38-30-33-41-54/h48-50H,4-47,54-57H2,1-3H3,(H2-,58,59,60,62,63,64)/p+1/t48-,49-,50-/m0/s1. The van der Waals surface area contributed by atoms with Crippen LogP contribution < -0.4 is 38.9 Å². The summed E-state index contributed by atoms with van der Waals surface area (Å²) in [5, 5.41) is 9.11. The highest BCUT2D eigenvalue weighted by Crippen LogP contribution is 2.17. The van der Waals surface area contributed by atoms with Gasteiger partial charge in [-0.25, -0.2) is 0 Å². The van der Waals surface area contributed by atoms with Crippen molar-refractivity contribution in [2.45, 2.75) is 270 Å². The Morgan fingerprint density at radius 1 is 0.391 bits per heavy atom. The van der Waals surface area contributed by atoms with Crippen molar-refractivity contribution >= 4 is 17.7 Å². The van der Waals surface area contributed by atoms with E-state index in [9.17, 15) is 14.4 Å². The molecule has 0 aliphatic rings. The molecule has 0 aromatic rings. The van der Waals surface area contributed by atoms with E-state index < -0.39 is 18.1 Å². The number of carbonyl (C=O) groups is 3. The number of quaternary nitrogens is 1. The number of likely N-dealkylation sites (N-methyl/N-ethyl adjacent to an activating group) is 1. The topological polar surface area (TPSA) is 191 Å². The van der Waals surface area contributed by atoms with Crippen LogP contribution in [0, 0.1) is 0 Å². The number of nitrogens with two attached hydrogens (primary N) is 4. The highest BCUT2D eigenvalue weighted by atomic mass is 16.2. The maximum absolute atomic E-state index is 13.8. The molecule has 3 amide bonds. The van der Waals surface area contributed by atoms with Gasteiger partial charge in [0, 0.05) is 0 Å². The molecule has 11 nitrogen and oxygen atoms in total. The van der Waals surface area contributed by atoms with Crippen molar-refractivity contribution in [3.63, 3.8) is 0 Å². The minimum atomic E-state index is -0.792. The first-order valence-corrected chi connectivity index (χ1v) is 27.8. The van der Waals surface area contributed by atoms with Crippen molar-refractivity contribution in [3.05, 3.63) is 0 Å². The molecule has 0 aromatic carbocycles. The van der Waals surface area contributed by atoms with E-state index in [0.29, 0.717) is 51.9 Å². The maximum atomic E-state index is 13.8.